The van der Waals surface area contributed by atoms with Gasteiger partial charge in [-0.3, -0.25) is 9.59 Å². The third-order valence-corrected chi connectivity index (χ3v) is 6.38. The zero-order valence-electron chi connectivity index (χ0n) is 19.2. The SMILES string of the molecule is CCC1Cc2cc(OCc3ccccc3)c(OC)cc2-c2cc(=O)c(C(=O)NS(C)(=O)=O)cn21. The number of pyridine rings is 1. The summed E-state index contributed by atoms with van der Waals surface area (Å²) < 4.78 is 38.3. The molecule has 1 atom stereocenters. The van der Waals surface area contributed by atoms with Crippen LogP contribution < -0.4 is 19.6 Å². The molecule has 1 aromatic heterocycles. The van der Waals surface area contributed by atoms with Gasteiger partial charge < -0.3 is 14.0 Å². The van der Waals surface area contributed by atoms with E-state index < -0.39 is 21.4 Å². The lowest BCUT2D eigenvalue weighted by Crippen LogP contribution is -2.34. The average molecular weight is 483 g/mol. The number of hydrogen-bond donors (Lipinski definition) is 1. The fourth-order valence-electron chi connectivity index (χ4n) is 4.17. The molecule has 3 aromatic rings. The molecule has 0 saturated heterocycles. The van der Waals surface area contributed by atoms with Crippen molar-refractivity contribution in [3.63, 3.8) is 0 Å². The fraction of sp³-hybridized carbons (Fsp3) is 0.280. The molecule has 0 saturated carbocycles. The van der Waals surface area contributed by atoms with Gasteiger partial charge in [-0.05, 0) is 36.1 Å². The Balaban J connectivity index is 1.75. The molecule has 9 heteroatoms. The number of methoxy groups -OCH3 is 1. The van der Waals surface area contributed by atoms with Gasteiger partial charge >= 0.3 is 0 Å². The maximum absolute atomic E-state index is 12.8. The molecule has 34 heavy (non-hydrogen) atoms. The van der Waals surface area contributed by atoms with Crippen LogP contribution in [0.1, 0.15) is 40.9 Å². The second-order valence-electron chi connectivity index (χ2n) is 8.25. The summed E-state index contributed by atoms with van der Waals surface area (Å²) in [5, 5.41) is 0. The van der Waals surface area contributed by atoms with Crippen LogP contribution in [0.15, 0.2) is 59.5 Å². The standard InChI is InChI=1S/C25H26N2O6S/c1-4-18-10-17-11-24(33-15-16-8-6-5-7-9-16)23(32-2)12-19(17)21-13-22(28)20(14-27(18)21)25(29)26-34(3,30)31/h5-9,11-14,18H,4,10,15H2,1-3H3,(H,26,29). The molecule has 1 N–H and O–H groups in total. The van der Waals surface area contributed by atoms with Gasteiger partial charge in [-0.25, -0.2) is 13.1 Å². The molecule has 0 spiro atoms. The molecule has 8 nitrogen and oxygen atoms in total. The van der Waals surface area contributed by atoms with Gasteiger partial charge in [0, 0.05) is 23.9 Å². The highest BCUT2D eigenvalue weighted by Crippen LogP contribution is 2.41. The molecular weight excluding hydrogens is 456 g/mol. The molecule has 0 fully saturated rings. The lowest BCUT2D eigenvalue weighted by atomic mass is 9.90. The monoisotopic (exact) mass is 482 g/mol. The molecule has 2 aromatic carbocycles. The number of benzene rings is 2. The van der Waals surface area contributed by atoms with Crippen LogP contribution in [0.3, 0.4) is 0 Å². The number of rotatable bonds is 7. The largest absolute Gasteiger partial charge is 0.493 e. The minimum absolute atomic E-state index is 0.0248. The van der Waals surface area contributed by atoms with Crippen LogP contribution in [0.5, 0.6) is 11.5 Å². The molecule has 0 radical (unpaired) electrons. The third-order valence-electron chi connectivity index (χ3n) is 5.83. The van der Waals surface area contributed by atoms with E-state index in [-0.39, 0.29) is 11.6 Å². The van der Waals surface area contributed by atoms with Crippen molar-refractivity contribution in [3.05, 3.63) is 81.6 Å². The lowest BCUT2D eigenvalue weighted by Gasteiger charge is -2.31. The average Bonchev–Trinajstić information content (AvgIpc) is 2.80. The molecule has 0 bridgehead atoms. The minimum Gasteiger partial charge on any atom is -0.493 e. The van der Waals surface area contributed by atoms with Crippen LogP contribution in [-0.2, 0) is 23.1 Å². The van der Waals surface area contributed by atoms with E-state index in [0.29, 0.717) is 30.2 Å². The van der Waals surface area contributed by atoms with E-state index in [9.17, 15) is 18.0 Å². The van der Waals surface area contributed by atoms with E-state index in [2.05, 4.69) is 0 Å². The molecule has 178 valence electrons. The van der Waals surface area contributed by atoms with Gasteiger partial charge in [0.1, 0.15) is 12.2 Å². The quantitative estimate of drug-likeness (QED) is 0.554. The zero-order chi connectivity index (χ0) is 24.5. The molecule has 2 heterocycles. The second-order valence-corrected chi connectivity index (χ2v) is 10.00. The van der Waals surface area contributed by atoms with Crippen molar-refractivity contribution >= 4 is 15.9 Å². The van der Waals surface area contributed by atoms with E-state index in [0.717, 1.165) is 29.4 Å². The van der Waals surface area contributed by atoms with Gasteiger partial charge in [0.15, 0.2) is 16.9 Å². The van der Waals surface area contributed by atoms with Crippen LogP contribution in [0.2, 0.25) is 0 Å². The van der Waals surface area contributed by atoms with Crippen molar-refractivity contribution in [1.82, 2.24) is 9.29 Å². The number of carbonyl (C=O) groups excluding carboxylic acids is 1. The number of aromatic nitrogens is 1. The Hall–Kier alpha value is -3.59. The van der Waals surface area contributed by atoms with Gasteiger partial charge in [0.2, 0.25) is 10.0 Å². The van der Waals surface area contributed by atoms with Gasteiger partial charge in [0.05, 0.1) is 19.1 Å². The molecule has 1 amide bonds. The third kappa shape index (κ3) is 4.84. The maximum Gasteiger partial charge on any atom is 0.270 e. The number of ether oxygens (including phenoxy) is 2. The molecule has 1 aliphatic heterocycles. The first kappa shape index (κ1) is 23.6. The van der Waals surface area contributed by atoms with E-state index >= 15 is 0 Å². The number of sulfonamides is 1. The summed E-state index contributed by atoms with van der Waals surface area (Å²) in [6.45, 7) is 2.41. The Morgan fingerprint density at radius 1 is 1.15 bits per heavy atom. The van der Waals surface area contributed by atoms with Crippen LogP contribution in [-0.4, -0.2) is 32.3 Å². The highest BCUT2D eigenvalue weighted by molar-refractivity contribution is 7.89. The minimum atomic E-state index is -3.79. The number of amides is 1. The van der Waals surface area contributed by atoms with Gasteiger partial charge in [-0.15, -0.1) is 0 Å². The number of carbonyl (C=O) groups is 1. The molecular formula is C25H26N2O6S. The van der Waals surface area contributed by atoms with Gasteiger partial charge in [0.25, 0.3) is 5.91 Å². The summed E-state index contributed by atoms with van der Waals surface area (Å²) in [7, 11) is -2.24. The van der Waals surface area contributed by atoms with E-state index in [1.165, 1.54) is 12.3 Å². The molecule has 4 rings (SSSR count). The van der Waals surface area contributed by atoms with Crippen LogP contribution in [0.4, 0.5) is 0 Å². The first-order valence-corrected chi connectivity index (χ1v) is 12.8. The van der Waals surface area contributed by atoms with E-state index in [4.69, 9.17) is 9.47 Å². The summed E-state index contributed by atoms with van der Waals surface area (Å²) >= 11 is 0. The lowest BCUT2D eigenvalue weighted by molar-refractivity contribution is 0.0979. The second kappa shape index (κ2) is 9.34. The summed E-state index contributed by atoms with van der Waals surface area (Å²) in [5.41, 5.74) is 2.71. The number of hydrogen-bond acceptors (Lipinski definition) is 6. The van der Waals surface area contributed by atoms with Crippen molar-refractivity contribution in [1.29, 1.82) is 0 Å². The summed E-state index contributed by atoms with van der Waals surface area (Å²) in [4.78, 5) is 25.2. The van der Waals surface area contributed by atoms with E-state index in [1.807, 2.05) is 58.7 Å². The topological polar surface area (TPSA) is 104 Å². The normalized spacial score (nSPS) is 14.6. The summed E-state index contributed by atoms with van der Waals surface area (Å²) in [6.07, 6.45) is 3.71. The number of nitrogens with one attached hydrogen (secondary N) is 1. The van der Waals surface area contributed by atoms with Crippen molar-refractivity contribution in [2.24, 2.45) is 0 Å². The Bertz CT molecular complexity index is 1400. The van der Waals surface area contributed by atoms with Crippen molar-refractivity contribution in [2.45, 2.75) is 32.4 Å². The van der Waals surface area contributed by atoms with Crippen LogP contribution >= 0.6 is 0 Å². The predicted octanol–water partition coefficient (Wildman–Crippen LogP) is 3.30. The predicted molar refractivity (Wildman–Crippen MR) is 129 cm³/mol. The highest BCUT2D eigenvalue weighted by atomic mass is 32.2. The van der Waals surface area contributed by atoms with Crippen molar-refractivity contribution in [3.8, 4) is 22.8 Å². The summed E-state index contributed by atoms with van der Waals surface area (Å²) in [5.74, 6) is 0.202. The highest BCUT2D eigenvalue weighted by Gasteiger charge is 2.27. The Kier molecular flexibility index (Phi) is 6.47. The number of fused-ring (bicyclic) bond motifs is 3. The van der Waals surface area contributed by atoms with E-state index in [1.54, 1.807) is 7.11 Å². The first-order chi connectivity index (χ1) is 16.2. The van der Waals surface area contributed by atoms with Crippen molar-refractivity contribution < 1.29 is 22.7 Å². The fourth-order valence-corrected chi connectivity index (χ4v) is 4.62. The first-order valence-electron chi connectivity index (χ1n) is 10.9. The van der Waals surface area contributed by atoms with Gasteiger partial charge in [-0.2, -0.15) is 0 Å². The number of nitrogens with zero attached hydrogens (tertiary/aromatic N) is 1. The molecule has 1 unspecified atom stereocenters. The van der Waals surface area contributed by atoms with Crippen LogP contribution in [0, 0.1) is 0 Å². The smallest absolute Gasteiger partial charge is 0.270 e. The Labute approximate surface area is 198 Å². The molecule has 1 aliphatic rings. The Morgan fingerprint density at radius 3 is 2.53 bits per heavy atom. The zero-order valence-corrected chi connectivity index (χ0v) is 20.0. The maximum atomic E-state index is 12.8. The Morgan fingerprint density at radius 2 is 1.88 bits per heavy atom. The summed E-state index contributed by atoms with van der Waals surface area (Å²) in [6, 6.07) is 15.0. The molecule has 0 aliphatic carbocycles. The van der Waals surface area contributed by atoms with Crippen molar-refractivity contribution in [2.75, 3.05) is 13.4 Å². The van der Waals surface area contributed by atoms with Crippen LogP contribution in [0.25, 0.3) is 11.3 Å². The van der Waals surface area contributed by atoms with Gasteiger partial charge in [-0.1, -0.05) is 37.3 Å².